The molecule has 3 aromatic rings. The van der Waals surface area contributed by atoms with E-state index in [-0.39, 0.29) is 17.1 Å². The SMILES string of the molecule is CCc1c(C(=O)c2cc(Br)c(O)c(Br)c2)c2cc[nH]c(=O)c2n1C. The van der Waals surface area contributed by atoms with Crippen molar-refractivity contribution in [3.05, 3.63) is 60.5 Å². The summed E-state index contributed by atoms with van der Waals surface area (Å²) in [7, 11) is 1.79. The Hall–Kier alpha value is -1.86. The molecule has 124 valence electrons. The van der Waals surface area contributed by atoms with Gasteiger partial charge >= 0.3 is 0 Å². The first-order chi connectivity index (χ1) is 11.4. The van der Waals surface area contributed by atoms with Crippen molar-refractivity contribution in [3.63, 3.8) is 0 Å². The number of pyridine rings is 1. The van der Waals surface area contributed by atoms with E-state index in [1.165, 1.54) is 0 Å². The molecule has 0 aliphatic rings. The molecule has 3 rings (SSSR count). The maximum Gasteiger partial charge on any atom is 0.272 e. The smallest absolute Gasteiger partial charge is 0.272 e. The number of aryl methyl sites for hydroxylation is 1. The molecule has 24 heavy (non-hydrogen) atoms. The molecule has 2 N–H and O–H groups in total. The number of phenolic OH excluding ortho intramolecular Hbond substituents is 1. The number of aromatic nitrogens is 2. The van der Waals surface area contributed by atoms with Crippen LogP contribution in [0.3, 0.4) is 0 Å². The lowest BCUT2D eigenvalue weighted by molar-refractivity contribution is 0.103. The molecule has 0 saturated carbocycles. The highest BCUT2D eigenvalue weighted by Crippen LogP contribution is 2.35. The predicted molar refractivity (Wildman–Crippen MR) is 99.9 cm³/mol. The van der Waals surface area contributed by atoms with E-state index in [2.05, 4.69) is 36.8 Å². The van der Waals surface area contributed by atoms with Crippen LogP contribution in [0.2, 0.25) is 0 Å². The Morgan fingerprint density at radius 3 is 2.50 bits per heavy atom. The molecular formula is C17H14Br2N2O3. The molecule has 0 radical (unpaired) electrons. The van der Waals surface area contributed by atoms with Gasteiger partial charge in [0, 0.05) is 29.9 Å². The molecule has 0 amide bonds. The second-order valence-corrected chi connectivity index (χ2v) is 7.13. The largest absolute Gasteiger partial charge is 0.506 e. The minimum absolute atomic E-state index is 0.0385. The monoisotopic (exact) mass is 452 g/mol. The van der Waals surface area contributed by atoms with Crippen LogP contribution >= 0.6 is 31.9 Å². The number of H-pyrrole nitrogens is 1. The molecule has 0 spiro atoms. The van der Waals surface area contributed by atoms with E-state index in [0.29, 0.717) is 37.4 Å². The van der Waals surface area contributed by atoms with Gasteiger partial charge in [0.1, 0.15) is 11.3 Å². The van der Waals surface area contributed by atoms with Crippen molar-refractivity contribution in [2.45, 2.75) is 13.3 Å². The van der Waals surface area contributed by atoms with E-state index in [9.17, 15) is 14.7 Å². The number of aromatic amines is 1. The molecule has 0 bridgehead atoms. The Morgan fingerprint density at radius 2 is 1.92 bits per heavy atom. The van der Waals surface area contributed by atoms with Gasteiger partial charge in [-0.3, -0.25) is 9.59 Å². The zero-order valence-electron chi connectivity index (χ0n) is 13.0. The van der Waals surface area contributed by atoms with Crippen molar-refractivity contribution in [3.8, 4) is 5.75 Å². The van der Waals surface area contributed by atoms with Crippen molar-refractivity contribution in [2.75, 3.05) is 0 Å². The van der Waals surface area contributed by atoms with Crippen molar-refractivity contribution in [1.29, 1.82) is 0 Å². The van der Waals surface area contributed by atoms with Gasteiger partial charge in [-0.05, 0) is 56.5 Å². The third-order valence-electron chi connectivity index (χ3n) is 4.07. The number of ketones is 1. The van der Waals surface area contributed by atoms with Crippen LogP contribution in [-0.4, -0.2) is 20.4 Å². The molecule has 5 nitrogen and oxygen atoms in total. The molecule has 0 saturated heterocycles. The Morgan fingerprint density at radius 1 is 1.29 bits per heavy atom. The first kappa shape index (κ1) is 17.0. The Labute approximate surface area is 154 Å². The third-order valence-corrected chi connectivity index (χ3v) is 5.28. The molecular weight excluding hydrogens is 440 g/mol. The Kier molecular flexibility index (Phi) is 4.40. The van der Waals surface area contributed by atoms with Crippen LogP contribution < -0.4 is 5.56 Å². The number of carbonyl (C=O) groups is 1. The second kappa shape index (κ2) is 6.22. The van der Waals surface area contributed by atoms with Gasteiger partial charge in [0.05, 0.1) is 14.5 Å². The maximum atomic E-state index is 13.1. The van der Waals surface area contributed by atoms with Crippen LogP contribution in [0.15, 0.2) is 38.1 Å². The van der Waals surface area contributed by atoms with Gasteiger partial charge in [0.25, 0.3) is 5.56 Å². The number of hydrogen-bond donors (Lipinski definition) is 2. The lowest BCUT2D eigenvalue weighted by atomic mass is 9.99. The highest BCUT2D eigenvalue weighted by atomic mass is 79.9. The second-order valence-electron chi connectivity index (χ2n) is 5.42. The van der Waals surface area contributed by atoms with Gasteiger partial charge in [-0.1, -0.05) is 6.92 Å². The van der Waals surface area contributed by atoms with Crippen LogP contribution in [0.5, 0.6) is 5.75 Å². The van der Waals surface area contributed by atoms with Crippen LogP contribution in [0.1, 0.15) is 28.5 Å². The van der Waals surface area contributed by atoms with E-state index in [1.807, 2.05) is 6.92 Å². The summed E-state index contributed by atoms with van der Waals surface area (Å²) in [6.07, 6.45) is 2.16. The number of nitrogens with zero attached hydrogens (tertiary/aromatic N) is 1. The summed E-state index contributed by atoms with van der Waals surface area (Å²) in [5, 5.41) is 10.5. The average molecular weight is 454 g/mol. The third kappa shape index (κ3) is 2.52. The van der Waals surface area contributed by atoms with E-state index < -0.39 is 0 Å². The number of halogens is 2. The summed E-state index contributed by atoms with van der Waals surface area (Å²) in [6, 6.07) is 4.90. The Balaban J connectivity index is 2.32. The van der Waals surface area contributed by atoms with Gasteiger partial charge in [0.2, 0.25) is 0 Å². The van der Waals surface area contributed by atoms with Crippen LogP contribution in [-0.2, 0) is 13.5 Å². The summed E-state index contributed by atoms with van der Waals surface area (Å²) in [5.41, 5.74) is 2.00. The summed E-state index contributed by atoms with van der Waals surface area (Å²) >= 11 is 6.49. The van der Waals surface area contributed by atoms with Crippen LogP contribution in [0.4, 0.5) is 0 Å². The highest BCUT2D eigenvalue weighted by molar-refractivity contribution is 9.11. The van der Waals surface area contributed by atoms with Crippen molar-refractivity contribution < 1.29 is 9.90 Å². The topological polar surface area (TPSA) is 75.1 Å². The number of benzene rings is 1. The molecule has 0 aliphatic carbocycles. The van der Waals surface area contributed by atoms with Gasteiger partial charge < -0.3 is 14.7 Å². The van der Waals surface area contributed by atoms with Crippen molar-refractivity contribution in [1.82, 2.24) is 9.55 Å². The normalized spacial score (nSPS) is 11.2. The van der Waals surface area contributed by atoms with Gasteiger partial charge in [-0.15, -0.1) is 0 Å². The highest BCUT2D eigenvalue weighted by Gasteiger charge is 2.23. The number of aromatic hydroxyl groups is 1. The molecule has 2 heterocycles. The first-order valence-electron chi connectivity index (χ1n) is 7.28. The summed E-state index contributed by atoms with van der Waals surface area (Å²) < 4.78 is 2.62. The molecule has 0 unspecified atom stereocenters. The minimum atomic E-state index is -0.225. The molecule has 0 atom stereocenters. The van der Waals surface area contributed by atoms with Gasteiger partial charge in [-0.25, -0.2) is 0 Å². The number of rotatable bonds is 3. The van der Waals surface area contributed by atoms with E-state index in [0.717, 1.165) is 5.69 Å². The maximum absolute atomic E-state index is 13.1. The van der Waals surface area contributed by atoms with E-state index >= 15 is 0 Å². The Bertz CT molecular complexity index is 1010. The minimum Gasteiger partial charge on any atom is -0.506 e. The number of carbonyl (C=O) groups excluding carboxylic acids is 1. The summed E-state index contributed by atoms with van der Waals surface area (Å²) in [6.45, 7) is 1.95. The molecule has 0 aliphatic heterocycles. The van der Waals surface area contributed by atoms with Crippen molar-refractivity contribution in [2.24, 2.45) is 7.05 Å². The number of hydrogen-bond acceptors (Lipinski definition) is 3. The van der Waals surface area contributed by atoms with E-state index in [1.54, 1.807) is 36.0 Å². The number of phenols is 1. The van der Waals surface area contributed by atoms with Crippen molar-refractivity contribution >= 4 is 48.5 Å². The van der Waals surface area contributed by atoms with E-state index in [4.69, 9.17) is 0 Å². The van der Waals surface area contributed by atoms with Crippen LogP contribution in [0.25, 0.3) is 10.9 Å². The lowest BCUT2D eigenvalue weighted by Gasteiger charge is -2.07. The lowest BCUT2D eigenvalue weighted by Crippen LogP contribution is -2.09. The molecule has 1 aromatic carbocycles. The first-order valence-corrected chi connectivity index (χ1v) is 8.87. The number of fused-ring (bicyclic) bond motifs is 1. The summed E-state index contributed by atoms with van der Waals surface area (Å²) in [4.78, 5) is 27.9. The van der Waals surface area contributed by atoms with Crippen LogP contribution in [0, 0.1) is 0 Å². The quantitative estimate of drug-likeness (QED) is 0.590. The predicted octanol–water partition coefficient (Wildman–Crippen LogP) is 3.89. The van der Waals surface area contributed by atoms with Gasteiger partial charge in [0.15, 0.2) is 5.78 Å². The fourth-order valence-electron chi connectivity index (χ4n) is 2.97. The number of nitrogens with one attached hydrogen (secondary N) is 1. The molecule has 2 aromatic heterocycles. The summed E-state index contributed by atoms with van der Waals surface area (Å²) in [5.74, 6) is -0.152. The zero-order valence-corrected chi connectivity index (χ0v) is 16.2. The van der Waals surface area contributed by atoms with Gasteiger partial charge in [-0.2, -0.15) is 0 Å². The standard InChI is InChI=1S/C17H14Br2N2O3/c1-3-12-13(9-4-5-20-17(24)14(9)21(12)2)15(22)8-6-10(18)16(23)11(19)7-8/h4-7,23H,3H2,1-2H3,(H,20,24). The average Bonchev–Trinajstić information content (AvgIpc) is 2.84. The fourth-order valence-corrected chi connectivity index (χ4v) is 4.16. The molecule has 0 fully saturated rings. The molecule has 7 heteroatoms. The fraction of sp³-hybridized carbons (Fsp3) is 0.176. The zero-order chi connectivity index (χ0) is 17.6.